The minimum atomic E-state index is 0.631. The monoisotopic (exact) mass is 1430 g/mol. The Hall–Kier alpha value is -15.1. The lowest BCUT2D eigenvalue weighted by atomic mass is 9.94. The first kappa shape index (κ1) is 64.1. The number of benzene rings is 17. The standard InChI is InChI=1S/C55H35N3.C49H31N5/c1-2-20-40(21-3-1)57-50-29-10-8-25-46(50)54-52(57)31-32-53-55(54)47-26-9-11-30-51(47)58(53)41-22-12-19-38(33-41)48-34-39(44-27-13-17-36-15-4-6-23-42(36)44)35-49(56-48)45-28-14-18-37-16-5-7-24-43(37)45;1-3-15-33(16-4-1)47-50-48(34-17-5-2-6-18-34)52-49(51-47)36-20-13-21-37(31-36)53-41-24-11-9-22-39(41)45-43(53)28-29-44-46(45)40-23-10-12-25-42(40)54(44)38-27-26-32-14-7-8-19-35(32)30-38/h1-35H;1-31H. The van der Waals surface area contributed by atoms with E-state index in [-0.39, 0.29) is 0 Å². The maximum Gasteiger partial charge on any atom is 0.164 e. The molecule has 0 atom stereocenters. The minimum absolute atomic E-state index is 0.631. The first-order valence-electron chi connectivity index (χ1n) is 38.1. The molecule has 0 aliphatic carbocycles. The Balaban J connectivity index is 0.000000138. The summed E-state index contributed by atoms with van der Waals surface area (Å²) >= 11 is 0. The molecule has 0 radical (unpaired) electrons. The number of aromatic nitrogens is 8. The number of hydrogen-bond donors (Lipinski definition) is 0. The summed E-state index contributed by atoms with van der Waals surface area (Å²) in [5.41, 5.74) is 23.1. The summed E-state index contributed by atoms with van der Waals surface area (Å²) in [7, 11) is 0. The summed E-state index contributed by atoms with van der Waals surface area (Å²) in [6.45, 7) is 0. The molecule has 23 rings (SSSR count). The van der Waals surface area contributed by atoms with E-state index in [1.807, 2.05) is 60.7 Å². The molecule has 8 heteroatoms. The molecule has 0 unspecified atom stereocenters. The summed E-state index contributed by atoms with van der Waals surface area (Å²) < 4.78 is 9.63. The van der Waals surface area contributed by atoms with Crippen LogP contribution in [-0.4, -0.2) is 38.2 Å². The lowest BCUT2D eigenvalue weighted by Crippen LogP contribution is -2.01. The van der Waals surface area contributed by atoms with E-state index in [2.05, 4.69) is 358 Å². The van der Waals surface area contributed by atoms with E-state index in [0.717, 1.165) is 78.6 Å². The van der Waals surface area contributed by atoms with Crippen molar-refractivity contribution < 1.29 is 0 Å². The van der Waals surface area contributed by atoms with Gasteiger partial charge in [0, 0.05) is 93.7 Å². The second-order valence-electron chi connectivity index (χ2n) is 28.8. The highest BCUT2D eigenvalue weighted by molar-refractivity contribution is 6.30. The Morgan fingerprint density at radius 3 is 0.991 bits per heavy atom. The Bertz CT molecular complexity index is 7530. The molecule has 6 heterocycles. The van der Waals surface area contributed by atoms with Crippen molar-refractivity contribution in [2.75, 3.05) is 0 Å². The minimum Gasteiger partial charge on any atom is -0.309 e. The van der Waals surface area contributed by atoms with Crippen LogP contribution in [0.5, 0.6) is 0 Å². The van der Waals surface area contributed by atoms with Gasteiger partial charge in [0.05, 0.1) is 55.5 Å². The predicted molar refractivity (Wildman–Crippen MR) is 467 cm³/mol. The summed E-state index contributed by atoms with van der Waals surface area (Å²) in [5.74, 6) is 1.92. The van der Waals surface area contributed by atoms with E-state index in [0.29, 0.717) is 17.5 Å². The predicted octanol–water partition coefficient (Wildman–Crippen LogP) is 26.8. The van der Waals surface area contributed by atoms with E-state index >= 15 is 0 Å². The van der Waals surface area contributed by atoms with Gasteiger partial charge in [-0.1, -0.05) is 291 Å². The molecule has 0 aliphatic rings. The van der Waals surface area contributed by atoms with E-state index in [9.17, 15) is 0 Å². The second-order valence-corrected chi connectivity index (χ2v) is 28.8. The topological polar surface area (TPSA) is 71.3 Å². The highest BCUT2D eigenvalue weighted by Gasteiger charge is 2.25. The zero-order valence-corrected chi connectivity index (χ0v) is 60.7. The van der Waals surface area contributed by atoms with E-state index in [1.165, 1.54) is 114 Å². The summed E-state index contributed by atoms with van der Waals surface area (Å²) in [6.07, 6.45) is 0. The Morgan fingerprint density at radius 1 is 0.161 bits per heavy atom. The van der Waals surface area contributed by atoms with Gasteiger partial charge in [0.1, 0.15) is 0 Å². The highest BCUT2D eigenvalue weighted by atomic mass is 15.0. The normalized spacial score (nSPS) is 11.8. The van der Waals surface area contributed by atoms with Crippen LogP contribution in [0.25, 0.3) is 210 Å². The Morgan fingerprint density at radius 2 is 0.491 bits per heavy atom. The molecule has 0 fully saturated rings. The summed E-state index contributed by atoms with van der Waals surface area (Å²) in [4.78, 5) is 20.5. The molecular weight excluding hydrogens is 1360 g/mol. The average molecular weight is 1430 g/mol. The molecule has 0 spiro atoms. The molecule has 0 bridgehead atoms. The van der Waals surface area contributed by atoms with Gasteiger partial charge in [-0.15, -0.1) is 0 Å². The number of para-hydroxylation sites is 5. The van der Waals surface area contributed by atoms with Crippen LogP contribution in [0.15, 0.2) is 400 Å². The molecular formula is C104H66N8. The molecule has 0 saturated carbocycles. The van der Waals surface area contributed by atoms with Crippen molar-refractivity contribution in [3.8, 4) is 90.6 Å². The van der Waals surface area contributed by atoms with Crippen LogP contribution >= 0.6 is 0 Å². The quantitative estimate of drug-likeness (QED) is 0.137. The number of rotatable bonds is 10. The molecule has 0 N–H and O–H groups in total. The van der Waals surface area contributed by atoms with E-state index in [4.69, 9.17) is 19.9 Å². The molecule has 522 valence electrons. The third kappa shape index (κ3) is 10.6. The van der Waals surface area contributed by atoms with Crippen molar-refractivity contribution >= 4 is 120 Å². The van der Waals surface area contributed by atoms with Crippen LogP contribution in [0.2, 0.25) is 0 Å². The fourth-order valence-electron chi connectivity index (χ4n) is 17.5. The van der Waals surface area contributed by atoms with Crippen LogP contribution in [0.3, 0.4) is 0 Å². The molecule has 23 aromatic rings. The SMILES string of the molecule is c1ccc(-c2nc(-c3ccccc3)nc(-c3cccc(-n4c5ccccc5c5c6c7ccccc7n(-c7ccc8ccccc8c7)c6ccc54)c3)n2)cc1.c1ccc(-n2c3ccccc3c3c4c5ccccc5n(-c5cccc(-c6cc(-c7cccc8ccccc78)cc(-c7cccc8ccccc78)n6)c5)c4ccc32)cc1. The van der Waals surface area contributed by atoms with Crippen molar-refractivity contribution in [3.05, 3.63) is 400 Å². The number of pyridine rings is 1. The maximum atomic E-state index is 5.47. The lowest BCUT2D eigenvalue weighted by molar-refractivity contribution is 1.07. The van der Waals surface area contributed by atoms with Crippen LogP contribution in [0.1, 0.15) is 0 Å². The van der Waals surface area contributed by atoms with E-state index < -0.39 is 0 Å². The fourth-order valence-corrected chi connectivity index (χ4v) is 17.5. The third-order valence-electron chi connectivity index (χ3n) is 22.4. The van der Waals surface area contributed by atoms with Gasteiger partial charge < -0.3 is 18.3 Å². The highest BCUT2D eigenvalue weighted by Crippen LogP contribution is 2.46. The van der Waals surface area contributed by atoms with Crippen LogP contribution in [-0.2, 0) is 0 Å². The van der Waals surface area contributed by atoms with Gasteiger partial charge in [0.2, 0.25) is 0 Å². The Labute approximate surface area is 644 Å². The first-order chi connectivity index (χ1) is 55.6. The van der Waals surface area contributed by atoms with Gasteiger partial charge in [-0.2, -0.15) is 0 Å². The van der Waals surface area contributed by atoms with E-state index in [1.54, 1.807) is 0 Å². The van der Waals surface area contributed by atoms with Gasteiger partial charge in [-0.25, -0.2) is 19.9 Å². The van der Waals surface area contributed by atoms with Gasteiger partial charge in [-0.3, -0.25) is 0 Å². The van der Waals surface area contributed by atoms with Gasteiger partial charge in [-0.05, 0) is 153 Å². The largest absolute Gasteiger partial charge is 0.309 e. The van der Waals surface area contributed by atoms with Crippen molar-refractivity contribution in [1.29, 1.82) is 0 Å². The van der Waals surface area contributed by atoms with Crippen LogP contribution in [0, 0.1) is 0 Å². The fraction of sp³-hybridized carbons (Fsp3) is 0. The van der Waals surface area contributed by atoms with Crippen LogP contribution in [0.4, 0.5) is 0 Å². The summed E-state index contributed by atoms with van der Waals surface area (Å²) in [5, 5.41) is 17.3. The zero-order chi connectivity index (χ0) is 73.7. The lowest BCUT2D eigenvalue weighted by Gasteiger charge is -2.15. The van der Waals surface area contributed by atoms with Crippen LogP contribution < -0.4 is 0 Å². The Kier molecular flexibility index (Phi) is 15.1. The second kappa shape index (κ2) is 26.4. The van der Waals surface area contributed by atoms with Gasteiger partial charge in [0.15, 0.2) is 17.5 Å². The molecule has 6 aromatic heterocycles. The smallest absolute Gasteiger partial charge is 0.164 e. The number of hydrogen-bond acceptors (Lipinski definition) is 4. The average Bonchev–Trinajstić information content (AvgIpc) is 1.55. The summed E-state index contributed by atoms with van der Waals surface area (Å²) in [6, 6.07) is 143. The molecule has 112 heavy (non-hydrogen) atoms. The van der Waals surface area contributed by atoms with Gasteiger partial charge in [0.25, 0.3) is 0 Å². The van der Waals surface area contributed by atoms with Gasteiger partial charge >= 0.3 is 0 Å². The zero-order valence-electron chi connectivity index (χ0n) is 60.7. The molecule has 8 nitrogen and oxygen atoms in total. The molecule has 0 amide bonds. The first-order valence-corrected chi connectivity index (χ1v) is 38.1. The molecule has 0 aliphatic heterocycles. The number of fused-ring (bicyclic) bond motifs is 17. The van der Waals surface area contributed by atoms with Crippen molar-refractivity contribution in [2.24, 2.45) is 0 Å². The van der Waals surface area contributed by atoms with Crippen molar-refractivity contribution in [1.82, 2.24) is 38.2 Å². The number of nitrogens with zero attached hydrogens (tertiary/aromatic N) is 8. The molecule has 17 aromatic carbocycles. The maximum absolute atomic E-state index is 5.47. The van der Waals surface area contributed by atoms with Crippen molar-refractivity contribution in [3.63, 3.8) is 0 Å². The molecule has 0 saturated heterocycles. The van der Waals surface area contributed by atoms with Crippen molar-refractivity contribution in [2.45, 2.75) is 0 Å². The third-order valence-corrected chi connectivity index (χ3v) is 22.4.